The number of hydrogen-bond donors (Lipinski definition) is 1. The van der Waals surface area contributed by atoms with E-state index in [4.69, 9.17) is 11.6 Å². The van der Waals surface area contributed by atoms with Gasteiger partial charge in [-0.25, -0.2) is 4.98 Å². The number of aromatic nitrogens is 1. The molecule has 0 fully saturated rings. The quantitative estimate of drug-likeness (QED) is 0.870. The van der Waals surface area contributed by atoms with Gasteiger partial charge in [0.05, 0.1) is 10.3 Å². The van der Waals surface area contributed by atoms with Crippen molar-refractivity contribution < 1.29 is 4.79 Å². The zero-order chi connectivity index (χ0) is 13.7. The van der Waals surface area contributed by atoms with Gasteiger partial charge in [-0.05, 0) is 31.2 Å². The van der Waals surface area contributed by atoms with E-state index >= 15 is 0 Å². The number of thioether (sulfide) groups is 1. The van der Waals surface area contributed by atoms with E-state index < -0.39 is 0 Å². The molecule has 0 aliphatic rings. The Bertz CT molecular complexity index is 545. The molecule has 1 N–H and O–H groups in total. The summed E-state index contributed by atoms with van der Waals surface area (Å²) in [7, 11) is 0. The molecule has 0 saturated carbocycles. The van der Waals surface area contributed by atoms with E-state index in [0.717, 1.165) is 4.90 Å². The Hall–Kier alpha value is -1.52. The zero-order valence-electron chi connectivity index (χ0n) is 10.3. The number of anilines is 1. The molecule has 98 valence electrons. The Morgan fingerprint density at radius 1 is 1.26 bits per heavy atom. The Labute approximate surface area is 121 Å². The number of benzene rings is 1. The summed E-state index contributed by atoms with van der Waals surface area (Å²) in [5.41, 5.74) is 0. The smallest absolute Gasteiger partial charge is 0.238 e. The van der Waals surface area contributed by atoms with Crippen molar-refractivity contribution in [2.45, 2.75) is 17.1 Å². The van der Waals surface area contributed by atoms with Crippen molar-refractivity contribution in [2.75, 3.05) is 5.32 Å². The van der Waals surface area contributed by atoms with Crippen molar-refractivity contribution in [3.63, 3.8) is 0 Å². The monoisotopic (exact) mass is 292 g/mol. The largest absolute Gasteiger partial charge is 0.310 e. The molecular formula is C14H13ClN2OS. The van der Waals surface area contributed by atoms with Gasteiger partial charge in [-0.3, -0.25) is 4.79 Å². The van der Waals surface area contributed by atoms with Gasteiger partial charge in [0, 0.05) is 11.1 Å². The summed E-state index contributed by atoms with van der Waals surface area (Å²) in [5, 5.41) is 3.11. The lowest BCUT2D eigenvalue weighted by Crippen LogP contribution is -2.22. The van der Waals surface area contributed by atoms with Crippen molar-refractivity contribution >= 4 is 35.1 Å². The van der Waals surface area contributed by atoms with Crippen molar-refractivity contribution in [3.8, 4) is 0 Å². The number of nitrogens with one attached hydrogen (secondary N) is 1. The third-order valence-electron chi connectivity index (χ3n) is 2.40. The van der Waals surface area contributed by atoms with Gasteiger partial charge < -0.3 is 5.32 Å². The minimum atomic E-state index is -0.195. The van der Waals surface area contributed by atoms with E-state index in [1.54, 1.807) is 12.1 Å². The van der Waals surface area contributed by atoms with Crippen LogP contribution < -0.4 is 5.32 Å². The molecule has 3 nitrogen and oxygen atoms in total. The SMILES string of the molecule is CC(Sc1ccccc1)C(=O)Nc1ccc(Cl)cn1. The first-order chi connectivity index (χ1) is 9.15. The number of nitrogens with zero attached hydrogens (tertiary/aromatic N) is 1. The summed E-state index contributed by atoms with van der Waals surface area (Å²) in [4.78, 5) is 17.1. The molecule has 19 heavy (non-hydrogen) atoms. The van der Waals surface area contributed by atoms with Gasteiger partial charge in [-0.15, -0.1) is 11.8 Å². The predicted molar refractivity (Wildman–Crippen MR) is 79.6 cm³/mol. The minimum Gasteiger partial charge on any atom is -0.310 e. The second-order valence-electron chi connectivity index (χ2n) is 3.92. The van der Waals surface area contributed by atoms with Gasteiger partial charge in [0.1, 0.15) is 5.82 Å². The molecule has 0 saturated heterocycles. The van der Waals surface area contributed by atoms with E-state index in [-0.39, 0.29) is 11.2 Å². The van der Waals surface area contributed by atoms with Gasteiger partial charge in [0.15, 0.2) is 0 Å². The molecule has 1 amide bonds. The van der Waals surface area contributed by atoms with Crippen LogP contribution in [0.2, 0.25) is 5.02 Å². The summed E-state index contributed by atoms with van der Waals surface area (Å²) < 4.78 is 0. The third kappa shape index (κ3) is 4.26. The summed E-state index contributed by atoms with van der Waals surface area (Å²) in [6.45, 7) is 1.86. The first-order valence-electron chi connectivity index (χ1n) is 5.79. The second-order valence-corrected chi connectivity index (χ2v) is 5.77. The van der Waals surface area contributed by atoms with Gasteiger partial charge in [-0.2, -0.15) is 0 Å². The lowest BCUT2D eigenvalue weighted by atomic mass is 10.4. The van der Waals surface area contributed by atoms with E-state index in [1.165, 1.54) is 18.0 Å². The number of hydrogen-bond acceptors (Lipinski definition) is 3. The van der Waals surface area contributed by atoms with Crippen LogP contribution in [0.25, 0.3) is 0 Å². The fraction of sp³-hybridized carbons (Fsp3) is 0.143. The standard InChI is InChI=1S/C14H13ClN2OS/c1-10(19-12-5-3-2-4-6-12)14(18)17-13-8-7-11(15)9-16-13/h2-10H,1H3,(H,16,17,18). The molecule has 2 aromatic rings. The van der Waals surface area contributed by atoms with Crippen LogP contribution in [-0.4, -0.2) is 16.1 Å². The van der Waals surface area contributed by atoms with Crippen LogP contribution in [0.3, 0.4) is 0 Å². The van der Waals surface area contributed by atoms with E-state index in [0.29, 0.717) is 10.8 Å². The van der Waals surface area contributed by atoms with Gasteiger partial charge >= 0.3 is 0 Å². The molecule has 0 spiro atoms. The van der Waals surface area contributed by atoms with E-state index in [9.17, 15) is 4.79 Å². The molecular weight excluding hydrogens is 280 g/mol. The van der Waals surface area contributed by atoms with Crippen LogP contribution in [0.4, 0.5) is 5.82 Å². The summed E-state index contributed by atoms with van der Waals surface area (Å²) in [6.07, 6.45) is 1.51. The summed E-state index contributed by atoms with van der Waals surface area (Å²) in [5.74, 6) is 0.429. The number of rotatable bonds is 4. The van der Waals surface area contributed by atoms with Crippen molar-refractivity contribution in [1.29, 1.82) is 0 Å². The highest BCUT2D eigenvalue weighted by Crippen LogP contribution is 2.23. The molecule has 1 aromatic heterocycles. The number of amides is 1. The lowest BCUT2D eigenvalue weighted by molar-refractivity contribution is -0.115. The van der Waals surface area contributed by atoms with Crippen LogP contribution in [0.15, 0.2) is 53.6 Å². The fourth-order valence-electron chi connectivity index (χ4n) is 1.43. The molecule has 1 atom stereocenters. The lowest BCUT2D eigenvalue weighted by Gasteiger charge is -2.11. The predicted octanol–water partition coefficient (Wildman–Crippen LogP) is 3.85. The molecule has 1 unspecified atom stereocenters. The third-order valence-corrected chi connectivity index (χ3v) is 3.74. The molecule has 0 bridgehead atoms. The Morgan fingerprint density at radius 2 is 2.00 bits per heavy atom. The zero-order valence-corrected chi connectivity index (χ0v) is 11.9. The fourth-order valence-corrected chi connectivity index (χ4v) is 2.43. The van der Waals surface area contributed by atoms with Gasteiger partial charge in [0.2, 0.25) is 5.91 Å². The average molecular weight is 293 g/mol. The van der Waals surface area contributed by atoms with Crippen molar-refractivity contribution in [3.05, 3.63) is 53.7 Å². The maximum Gasteiger partial charge on any atom is 0.238 e. The normalized spacial score (nSPS) is 11.9. The highest BCUT2D eigenvalue weighted by atomic mass is 35.5. The van der Waals surface area contributed by atoms with E-state index in [2.05, 4.69) is 10.3 Å². The number of carbonyl (C=O) groups is 1. The Morgan fingerprint density at radius 3 is 2.63 bits per heavy atom. The molecule has 5 heteroatoms. The summed E-state index contributed by atoms with van der Waals surface area (Å²) in [6, 6.07) is 13.2. The van der Waals surface area contributed by atoms with Gasteiger partial charge in [0.25, 0.3) is 0 Å². The molecule has 1 heterocycles. The van der Waals surface area contributed by atoms with Crippen molar-refractivity contribution in [1.82, 2.24) is 4.98 Å². The van der Waals surface area contributed by atoms with Crippen LogP contribution in [0.5, 0.6) is 0 Å². The highest BCUT2D eigenvalue weighted by molar-refractivity contribution is 8.00. The van der Waals surface area contributed by atoms with Crippen LogP contribution >= 0.6 is 23.4 Å². The Kier molecular flexibility index (Phi) is 4.82. The first kappa shape index (κ1) is 13.9. The molecule has 0 aliphatic carbocycles. The average Bonchev–Trinajstić information content (AvgIpc) is 2.42. The number of carbonyl (C=O) groups excluding carboxylic acids is 1. The maximum atomic E-state index is 12.0. The van der Waals surface area contributed by atoms with Gasteiger partial charge in [-0.1, -0.05) is 29.8 Å². The van der Waals surface area contributed by atoms with Crippen LogP contribution in [0, 0.1) is 0 Å². The summed E-state index contributed by atoms with van der Waals surface area (Å²) >= 11 is 7.25. The molecule has 0 aliphatic heterocycles. The second kappa shape index (κ2) is 6.59. The van der Waals surface area contributed by atoms with Crippen LogP contribution in [0.1, 0.15) is 6.92 Å². The molecule has 1 aromatic carbocycles. The number of halogens is 1. The molecule has 2 rings (SSSR count). The Balaban J connectivity index is 1.94. The topological polar surface area (TPSA) is 42.0 Å². The number of pyridine rings is 1. The first-order valence-corrected chi connectivity index (χ1v) is 7.05. The highest BCUT2D eigenvalue weighted by Gasteiger charge is 2.14. The maximum absolute atomic E-state index is 12.0. The van der Waals surface area contributed by atoms with E-state index in [1.807, 2.05) is 37.3 Å². The van der Waals surface area contributed by atoms with Crippen LogP contribution in [-0.2, 0) is 4.79 Å². The molecule has 0 radical (unpaired) electrons. The minimum absolute atomic E-state index is 0.0799. The van der Waals surface area contributed by atoms with Crippen molar-refractivity contribution in [2.24, 2.45) is 0 Å².